The minimum Gasteiger partial charge on any atom is -0.490 e. The second kappa shape index (κ2) is 4.81. The van der Waals surface area contributed by atoms with Gasteiger partial charge in [0.1, 0.15) is 17.4 Å². The van der Waals surface area contributed by atoms with E-state index in [-0.39, 0.29) is 6.10 Å². The highest BCUT2D eigenvalue weighted by Crippen LogP contribution is 2.27. The molecule has 0 aliphatic heterocycles. The Labute approximate surface area is 94.4 Å². The van der Waals surface area contributed by atoms with Crippen molar-refractivity contribution in [2.75, 3.05) is 0 Å². The molecule has 0 aromatic heterocycles. The van der Waals surface area contributed by atoms with Crippen molar-refractivity contribution in [2.45, 2.75) is 38.7 Å². The van der Waals surface area contributed by atoms with E-state index in [1.807, 2.05) is 0 Å². The van der Waals surface area contributed by atoms with Gasteiger partial charge in [0.15, 0.2) is 0 Å². The highest BCUT2D eigenvalue weighted by atomic mass is 19.1. The molecule has 0 saturated heterocycles. The highest BCUT2D eigenvalue weighted by Gasteiger charge is 2.20. The van der Waals surface area contributed by atoms with Gasteiger partial charge in [-0.25, -0.2) is 8.78 Å². The van der Waals surface area contributed by atoms with Crippen LogP contribution in [0.1, 0.15) is 32.6 Å². The number of ether oxygens (including phenoxy) is 1. The Hall–Kier alpha value is -1.12. The highest BCUT2D eigenvalue weighted by molar-refractivity contribution is 5.24. The maximum absolute atomic E-state index is 12.9. The van der Waals surface area contributed by atoms with Gasteiger partial charge in [0.2, 0.25) is 0 Å². The monoisotopic (exact) mass is 226 g/mol. The van der Waals surface area contributed by atoms with Gasteiger partial charge in [-0.2, -0.15) is 0 Å². The Balaban J connectivity index is 2.02. The van der Waals surface area contributed by atoms with Crippen LogP contribution in [0.2, 0.25) is 0 Å². The first-order valence-corrected chi connectivity index (χ1v) is 5.76. The first kappa shape index (κ1) is 11.4. The second-order valence-corrected chi connectivity index (χ2v) is 4.62. The molecule has 1 aromatic rings. The molecule has 1 nitrogen and oxygen atoms in total. The molecule has 1 saturated carbocycles. The molecule has 0 spiro atoms. The fourth-order valence-electron chi connectivity index (χ4n) is 2.27. The molecule has 2 rings (SSSR count). The zero-order chi connectivity index (χ0) is 11.5. The van der Waals surface area contributed by atoms with Gasteiger partial charge in [-0.3, -0.25) is 0 Å². The maximum Gasteiger partial charge on any atom is 0.129 e. The number of hydrogen-bond acceptors (Lipinski definition) is 1. The van der Waals surface area contributed by atoms with Crippen LogP contribution < -0.4 is 4.74 Å². The van der Waals surface area contributed by atoms with Crippen LogP contribution in [0.5, 0.6) is 5.75 Å². The fourth-order valence-corrected chi connectivity index (χ4v) is 2.27. The third-order valence-electron chi connectivity index (χ3n) is 3.03. The third-order valence-corrected chi connectivity index (χ3v) is 3.03. The molecular formula is C13H16F2O. The molecule has 0 radical (unpaired) electrons. The molecule has 2 unspecified atom stereocenters. The van der Waals surface area contributed by atoms with Gasteiger partial charge >= 0.3 is 0 Å². The van der Waals surface area contributed by atoms with Crippen molar-refractivity contribution in [3.05, 3.63) is 29.8 Å². The van der Waals surface area contributed by atoms with Crippen LogP contribution in [0.25, 0.3) is 0 Å². The molecule has 3 heteroatoms. The molecule has 1 aromatic carbocycles. The molecule has 0 N–H and O–H groups in total. The van der Waals surface area contributed by atoms with E-state index in [1.165, 1.54) is 18.6 Å². The van der Waals surface area contributed by atoms with E-state index >= 15 is 0 Å². The topological polar surface area (TPSA) is 9.23 Å². The lowest BCUT2D eigenvalue weighted by Crippen LogP contribution is -2.24. The summed E-state index contributed by atoms with van der Waals surface area (Å²) in [6.45, 7) is 2.18. The summed E-state index contributed by atoms with van der Waals surface area (Å²) in [5, 5.41) is 0. The van der Waals surface area contributed by atoms with Gasteiger partial charge in [0.25, 0.3) is 0 Å². The summed E-state index contributed by atoms with van der Waals surface area (Å²) < 4.78 is 31.5. The van der Waals surface area contributed by atoms with Crippen LogP contribution in [-0.4, -0.2) is 6.10 Å². The summed E-state index contributed by atoms with van der Waals surface area (Å²) in [6.07, 6.45) is 4.40. The summed E-state index contributed by atoms with van der Waals surface area (Å²) in [7, 11) is 0. The summed E-state index contributed by atoms with van der Waals surface area (Å²) in [5.74, 6) is -0.230. The zero-order valence-electron chi connectivity index (χ0n) is 9.38. The van der Waals surface area contributed by atoms with E-state index < -0.39 is 11.6 Å². The van der Waals surface area contributed by atoms with Gasteiger partial charge in [-0.05, 0) is 25.2 Å². The van der Waals surface area contributed by atoms with Crippen LogP contribution in [0, 0.1) is 17.6 Å². The van der Waals surface area contributed by atoms with Crippen molar-refractivity contribution >= 4 is 0 Å². The van der Waals surface area contributed by atoms with Crippen molar-refractivity contribution in [3.8, 4) is 5.75 Å². The molecule has 0 heterocycles. The van der Waals surface area contributed by atoms with E-state index in [2.05, 4.69) is 6.92 Å². The van der Waals surface area contributed by atoms with Crippen molar-refractivity contribution in [2.24, 2.45) is 5.92 Å². The third kappa shape index (κ3) is 2.94. The van der Waals surface area contributed by atoms with E-state index in [0.717, 1.165) is 25.3 Å². The SMILES string of the molecule is CC1CCCC(Oc2cc(F)cc(F)c2)C1. The zero-order valence-corrected chi connectivity index (χ0v) is 9.38. The first-order chi connectivity index (χ1) is 7.63. The van der Waals surface area contributed by atoms with E-state index in [9.17, 15) is 8.78 Å². The average molecular weight is 226 g/mol. The van der Waals surface area contributed by atoms with E-state index in [4.69, 9.17) is 4.74 Å². The quantitative estimate of drug-likeness (QED) is 0.742. The Bertz CT molecular complexity index is 345. The minimum atomic E-state index is -0.584. The Kier molecular flexibility index (Phi) is 3.42. The minimum absolute atomic E-state index is 0.102. The van der Waals surface area contributed by atoms with E-state index in [1.54, 1.807) is 0 Å². The molecule has 16 heavy (non-hydrogen) atoms. The largest absolute Gasteiger partial charge is 0.490 e. The normalized spacial score (nSPS) is 25.4. The van der Waals surface area contributed by atoms with Gasteiger partial charge < -0.3 is 4.74 Å². The van der Waals surface area contributed by atoms with Crippen LogP contribution in [0.3, 0.4) is 0 Å². The Morgan fingerprint density at radius 2 is 1.81 bits per heavy atom. The molecule has 1 fully saturated rings. The van der Waals surface area contributed by atoms with Gasteiger partial charge in [0.05, 0.1) is 6.10 Å². The standard InChI is InChI=1S/C13H16F2O/c1-9-3-2-4-12(5-9)16-13-7-10(14)6-11(15)8-13/h6-9,12H,2-5H2,1H3. The Morgan fingerprint density at radius 1 is 1.12 bits per heavy atom. The van der Waals surface area contributed by atoms with Crippen molar-refractivity contribution in [1.29, 1.82) is 0 Å². The molecular weight excluding hydrogens is 210 g/mol. The molecule has 1 aliphatic carbocycles. The second-order valence-electron chi connectivity index (χ2n) is 4.62. The van der Waals surface area contributed by atoms with E-state index in [0.29, 0.717) is 11.7 Å². The lowest BCUT2D eigenvalue weighted by Gasteiger charge is -2.27. The van der Waals surface area contributed by atoms with Crippen LogP contribution >= 0.6 is 0 Å². The summed E-state index contributed by atoms with van der Waals surface area (Å²) in [6, 6.07) is 3.33. The molecule has 1 aliphatic rings. The smallest absolute Gasteiger partial charge is 0.129 e. The maximum atomic E-state index is 12.9. The lowest BCUT2D eigenvalue weighted by atomic mass is 9.89. The lowest BCUT2D eigenvalue weighted by molar-refractivity contribution is 0.128. The number of rotatable bonds is 2. The van der Waals surface area contributed by atoms with Crippen molar-refractivity contribution in [3.63, 3.8) is 0 Å². The molecule has 0 bridgehead atoms. The summed E-state index contributed by atoms with van der Waals surface area (Å²) >= 11 is 0. The van der Waals surface area contributed by atoms with Crippen molar-refractivity contribution < 1.29 is 13.5 Å². The Morgan fingerprint density at radius 3 is 2.44 bits per heavy atom. The number of hydrogen-bond donors (Lipinski definition) is 0. The predicted molar refractivity (Wildman–Crippen MR) is 58.4 cm³/mol. The van der Waals surface area contributed by atoms with Crippen molar-refractivity contribution in [1.82, 2.24) is 0 Å². The van der Waals surface area contributed by atoms with Gasteiger partial charge in [-0.1, -0.05) is 13.3 Å². The summed E-state index contributed by atoms with van der Waals surface area (Å²) in [4.78, 5) is 0. The number of halogens is 2. The predicted octanol–water partition coefficient (Wildman–Crippen LogP) is 3.92. The summed E-state index contributed by atoms with van der Waals surface area (Å²) in [5.41, 5.74) is 0. The van der Waals surface area contributed by atoms with Gasteiger partial charge in [-0.15, -0.1) is 0 Å². The van der Waals surface area contributed by atoms with Gasteiger partial charge in [0, 0.05) is 18.2 Å². The number of benzene rings is 1. The molecule has 0 amide bonds. The average Bonchev–Trinajstić information content (AvgIpc) is 2.15. The van der Waals surface area contributed by atoms with Crippen LogP contribution in [0.15, 0.2) is 18.2 Å². The molecule has 88 valence electrons. The first-order valence-electron chi connectivity index (χ1n) is 5.76. The van der Waals surface area contributed by atoms with Crippen LogP contribution in [-0.2, 0) is 0 Å². The van der Waals surface area contributed by atoms with Crippen LogP contribution in [0.4, 0.5) is 8.78 Å². The molecule has 2 atom stereocenters. The fraction of sp³-hybridized carbons (Fsp3) is 0.538.